The number of hydrogen-bond donors (Lipinski definition) is 0. The van der Waals surface area contributed by atoms with Gasteiger partial charge in [0, 0.05) is 25.8 Å². The van der Waals surface area contributed by atoms with Gasteiger partial charge in [0.2, 0.25) is 0 Å². The Balaban J connectivity index is 2.94. The van der Waals surface area contributed by atoms with E-state index in [1.807, 2.05) is 0 Å². The zero-order valence-electron chi connectivity index (χ0n) is 14.3. The van der Waals surface area contributed by atoms with Crippen molar-refractivity contribution in [1.29, 1.82) is 0 Å². The van der Waals surface area contributed by atoms with Gasteiger partial charge in [-0.15, -0.1) is 0 Å². The summed E-state index contributed by atoms with van der Waals surface area (Å²) in [5, 5.41) is 0. The first kappa shape index (κ1) is 20.6. The molecule has 0 saturated heterocycles. The minimum Gasteiger partial charge on any atom is -0.461 e. The summed E-state index contributed by atoms with van der Waals surface area (Å²) in [4.78, 5) is 22.6. The molecule has 0 fully saturated rings. The van der Waals surface area contributed by atoms with Gasteiger partial charge in [0.1, 0.15) is 17.7 Å². The summed E-state index contributed by atoms with van der Waals surface area (Å²) in [6, 6.07) is 3.95. The van der Waals surface area contributed by atoms with Crippen LogP contribution in [0.4, 0.5) is 4.39 Å². The molecule has 0 aliphatic carbocycles. The number of carbonyl (C=O) groups is 2. The summed E-state index contributed by atoms with van der Waals surface area (Å²) in [7, 11) is 0. The SMILES string of the molecule is CCCCCC(Br)C(Cc1cc(F)ccc1OC(C)=O)OC(C)=O. The maximum absolute atomic E-state index is 13.6. The van der Waals surface area contributed by atoms with Crippen molar-refractivity contribution in [2.45, 2.75) is 63.8 Å². The largest absolute Gasteiger partial charge is 0.461 e. The Morgan fingerprint density at radius 3 is 2.50 bits per heavy atom. The molecule has 0 bridgehead atoms. The summed E-state index contributed by atoms with van der Waals surface area (Å²) < 4.78 is 24.1. The molecule has 2 atom stereocenters. The molecular formula is C18H24BrFO4. The number of benzene rings is 1. The first-order chi connectivity index (χ1) is 11.3. The number of hydrogen-bond acceptors (Lipinski definition) is 4. The highest BCUT2D eigenvalue weighted by molar-refractivity contribution is 9.09. The molecule has 4 nitrogen and oxygen atoms in total. The Labute approximate surface area is 150 Å². The van der Waals surface area contributed by atoms with E-state index in [0.717, 1.165) is 25.7 Å². The summed E-state index contributed by atoms with van der Waals surface area (Å²) in [5.74, 6) is -1.02. The Bertz CT molecular complexity index is 562. The lowest BCUT2D eigenvalue weighted by molar-refractivity contribution is -0.146. The van der Waals surface area contributed by atoms with Crippen molar-refractivity contribution in [3.8, 4) is 5.75 Å². The monoisotopic (exact) mass is 402 g/mol. The van der Waals surface area contributed by atoms with Gasteiger partial charge in [0.05, 0.1) is 4.83 Å². The highest BCUT2D eigenvalue weighted by atomic mass is 79.9. The average molecular weight is 403 g/mol. The Kier molecular flexibility index (Phi) is 8.97. The van der Waals surface area contributed by atoms with Crippen LogP contribution in [0.25, 0.3) is 0 Å². The predicted octanol–water partition coefficient (Wildman–Crippen LogP) is 4.57. The molecule has 1 rings (SSSR count). The maximum atomic E-state index is 13.6. The molecule has 0 N–H and O–H groups in total. The van der Waals surface area contributed by atoms with Crippen LogP contribution in [0.5, 0.6) is 5.75 Å². The van der Waals surface area contributed by atoms with Crippen LogP contribution in [0.1, 0.15) is 52.0 Å². The highest BCUT2D eigenvalue weighted by Crippen LogP contribution is 2.27. The van der Waals surface area contributed by atoms with Crippen molar-refractivity contribution >= 4 is 27.9 Å². The minimum atomic E-state index is -0.481. The van der Waals surface area contributed by atoms with Crippen molar-refractivity contribution < 1.29 is 23.5 Å². The van der Waals surface area contributed by atoms with Crippen LogP contribution in [0.3, 0.4) is 0 Å². The standard InChI is InChI=1S/C18H24BrFO4/c1-4-5-6-7-16(19)18(24-13(3)22)11-14-10-15(20)8-9-17(14)23-12(2)21/h8-10,16,18H,4-7,11H2,1-3H3. The van der Waals surface area contributed by atoms with Gasteiger partial charge in [0.25, 0.3) is 0 Å². The fourth-order valence-electron chi connectivity index (χ4n) is 2.41. The molecule has 1 aromatic rings. The molecular weight excluding hydrogens is 379 g/mol. The Hall–Kier alpha value is -1.43. The van der Waals surface area contributed by atoms with E-state index >= 15 is 0 Å². The number of rotatable bonds is 9. The molecule has 0 radical (unpaired) electrons. The molecule has 0 saturated carbocycles. The normalized spacial score (nSPS) is 13.2. The van der Waals surface area contributed by atoms with Crippen LogP contribution >= 0.6 is 15.9 Å². The predicted molar refractivity (Wildman–Crippen MR) is 93.8 cm³/mol. The van der Waals surface area contributed by atoms with Gasteiger partial charge in [-0.2, -0.15) is 0 Å². The zero-order chi connectivity index (χ0) is 18.1. The molecule has 134 valence electrons. The molecule has 1 aromatic carbocycles. The molecule has 0 amide bonds. The number of alkyl halides is 1. The summed E-state index contributed by atoms with van der Waals surface area (Å²) in [6.07, 6.45) is 3.83. The Morgan fingerprint density at radius 2 is 1.92 bits per heavy atom. The van der Waals surface area contributed by atoms with E-state index in [-0.39, 0.29) is 17.0 Å². The van der Waals surface area contributed by atoms with Gasteiger partial charge in [-0.05, 0) is 24.6 Å². The lowest BCUT2D eigenvalue weighted by Crippen LogP contribution is -2.29. The van der Waals surface area contributed by atoms with E-state index in [0.29, 0.717) is 5.56 Å². The fourth-order valence-corrected chi connectivity index (χ4v) is 3.03. The van der Waals surface area contributed by atoms with E-state index in [9.17, 15) is 14.0 Å². The average Bonchev–Trinajstić information content (AvgIpc) is 2.48. The van der Waals surface area contributed by atoms with E-state index in [2.05, 4.69) is 22.9 Å². The van der Waals surface area contributed by atoms with E-state index in [1.54, 1.807) is 0 Å². The second-order valence-corrected chi connectivity index (χ2v) is 6.89. The van der Waals surface area contributed by atoms with Crippen LogP contribution in [0.2, 0.25) is 0 Å². The number of ether oxygens (including phenoxy) is 2. The molecule has 24 heavy (non-hydrogen) atoms. The van der Waals surface area contributed by atoms with E-state index in [1.165, 1.54) is 32.0 Å². The quantitative estimate of drug-likeness (QED) is 0.262. The summed E-state index contributed by atoms with van der Waals surface area (Å²) in [6.45, 7) is 4.75. The van der Waals surface area contributed by atoms with Crippen LogP contribution in [0, 0.1) is 5.82 Å². The van der Waals surface area contributed by atoms with Gasteiger partial charge < -0.3 is 9.47 Å². The van der Waals surface area contributed by atoms with Crippen molar-refractivity contribution in [2.24, 2.45) is 0 Å². The van der Waals surface area contributed by atoms with Gasteiger partial charge in [-0.25, -0.2) is 4.39 Å². The van der Waals surface area contributed by atoms with Crippen molar-refractivity contribution in [3.05, 3.63) is 29.6 Å². The molecule has 0 aliphatic heterocycles. The highest BCUT2D eigenvalue weighted by Gasteiger charge is 2.24. The summed E-state index contributed by atoms with van der Waals surface area (Å²) in [5.41, 5.74) is 0.497. The number of esters is 2. The van der Waals surface area contributed by atoms with Crippen LogP contribution in [0.15, 0.2) is 18.2 Å². The molecule has 0 aliphatic rings. The van der Waals surface area contributed by atoms with Crippen molar-refractivity contribution in [3.63, 3.8) is 0 Å². The first-order valence-corrected chi connectivity index (χ1v) is 9.03. The molecule has 6 heteroatoms. The minimum absolute atomic E-state index is 0.0543. The third kappa shape index (κ3) is 7.43. The number of halogens is 2. The van der Waals surface area contributed by atoms with Gasteiger partial charge in [0.15, 0.2) is 0 Å². The second kappa shape index (κ2) is 10.4. The van der Waals surface area contributed by atoms with E-state index in [4.69, 9.17) is 9.47 Å². The molecule has 2 unspecified atom stereocenters. The van der Waals surface area contributed by atoms with Crippen molar-refractivity contribution in [1.82, 2.24) is 0 Å². The molecule has 0 heterocycles. The molecule has 0 aromatic heterocycles. The third-order valence-corrected chi connectivity index (χ3v) is 4.55. The number of carbonyl (C=O) groups excluding carboxylic acids is 2. The third-order valence-electron chi connectivity index (χ3n) is 3.50. The van der Waals surface area contributed by atoms with Crippen LogP contribution in [-0.4, -0.2) is 22.9 Å². The van der Waals surface area contributed by atoms with Crippen molar-refractivity contribution in [2.75, 3.05) is 0 Å². The lowest BCUT2D eigenvalue weighted by atomic mass is 10.0. The topological polar surface area (TPSA) is 52.6 Å². The zero-order valence-corrected chi connectivity index (χ0v) is 15.9. The second-order valence-electron chi connectivity index (χ2n) is 5.71. The number of unbranched alkanes of at least 4 members (excludes halogenated alkanes) is 2. The summed E-state index contributed by atoms with van der Waals surface area (Å²) >= 11 is 3.58. The van der Waals surface area contributed by atoms with Gasteiger partial charge >= 0.3 is 11.9 Å². The van der Waals surface area contributed by atoms with Gasteiger partial charge in [-0.3, -0.25) is 9.59 Å². The smallest absolute Gasteiger partial charge is 0.308 e. The Morgan fingerprint density at radius 1 is 1.21 bits per heavy atom. The first-order valence-electron chi connectivity index (χ1n) is 8.11. The maximum Gasteiger partial charge on any atom is 0.308 e. The van der Waals surface area contributed by atoms with Crippen LogP contribution in [-0.2, 0) is 20.7 Å². The lowest BCUT2D eigenvalue weighted by Gasteiger charge is -2.23. The fraction of sp³-hybridized carbons (Fsp3) is 0.556. The van der Waals surface area contributed by atoms with Crippen LogP contribution < -0.4 is 4.74 Å². The van der Waals surface area contributed by atoms with Gasteiger partial charge in [-0.1, -0.05) is 42.1 Å². The molecule has 0 spiro atoms. The van der Waals surface area contributed by atoms with E-state index < -0.39 is 23.9 Å².